The highest BCUT2D eigenvalue weighted by Crippen LogP contribution is 2.55. The van der Waals surface area contributed by atoms with E-state index in [1.54, 1.807) is 41.1 Å². The average Bonchev–Trinajstić information content (AvgIpc) is 3.33. The van der Waals surface area contributed by atoms with Crippen LogP contribution in [0.25, 0.3) is 16.7 Å². The number of aliphatic hydroxyl groups is 1. The normalized spacial score (nSPS) is 25.1. The summed E-state index contributed by atoms with van der Waals surface area (Å²) in [6.07, 6.45) is 7.07. The van der Waals surface area contributed by atoms with Crippen molar-refractivity contribution in [2.45, 2.75) is 56.6 Å². The van der Waals surface area contributed by atoms with Gasteiger partial charge < -0.3 is 19.9 Å². The number of fused-ring (bicyclic) bond motifs is 3. The maximum absolute atomic E-state index is 13.9. The van der Waals surface area contributed by atoms with E-state index >= 15 is 0 Å². The lowest BCUT2D eigenvalue weighted by atomic mass is 9.76. The largest absolute Gasteiger partial charge is 0.496 e. The van der Waals surface area contributed by atoms with Crippen LogP contribution in [0, 0.1) is 17.8 Å². The van der Waals surface area contributed by atoms with Gasteiger partial charge in [0.1, 0.15) is 17.1 Å². The van der Waals surface area contributed by atoms with E-state index < -0.39 is 11.6 Å². The number of pyridine rings is 2. The summed E-state index contributed by atoms with van der Waals surface area (Å²) in [7, 11) is 2.81. The minimum absolute atomic E-state index is 0.0257. The quantitative estimate of drug-likeness (QED) is 0.289. The maximum atomic E-state index is 13.9. The highest BCUT2D eigenvalue weighted by atomic mass is 16.5. The monoisotopic (exact) mass is 607 g/mol. The fourth-order valence-corrected chi connectivity index (χ4v) is 8.34. The molecule has 232 valence electrons. The summed E-state index contributed by atoms with van der Waals surface area (Å²) < 4.78 is 12.6. The van der Waals surface area contributed by atoms with Crippen molar-refractivity contribution < 1.29 is 24.2 Å². The van der Waals surface area contributed by atoms with Crippen LogP contribution < -0.4 is 15.5 Å². The summed E-state index contributed by atoms with van der Waals surface area (Å²) in [4.78, 5) is 45.3. The number of esters is 1. The first kappa shape index (κ1) is 29.2. The number of para-hydroxylation sites is 1. The second kappa shape index (κ2) is 11.5. The molecular weight excluding hydrogens is 570 g/mol. The lowest BCUT2D eigenvalue weighted by Crippen LogP contribution is -2.41. The minimum Gasteiger partial charge on any atom is -0.496 e. The van der Waals surface area contributed by atoms with E-state index in [9.17, 15) is 19.5 Å². The number of methoxy groups -OCH3 is 2. The van der Waals surface area contributed by atoms with E-state index in [1.807, 2.05) is 30.3 Å². The van der Waals surface area contributed by atoms with Gasteiger partial charge in [-0.25, -0.2) is 9.78 Å². The Morgan fingerprint density at radius 1 is 1.07 bits per heavy atom. The number of aromatic nitrogens is 2. The number of carbonyl (C=O) groups excluding carboxylic acids is 2. The molecule has 3 aliphatic rings. The molecule has 2 heterocycles. The molecule has 0 spiro atoms. The van der Waals surface area contributed by atoms with Gasteiger partial charge in [-0.05, 0) is 98.2 Å². The predicted molar refractivity (Wildman–Crippen MR) is 169 cm³/mol. The van der Waals surface area contributed by atoms with Crippen LogP contribution in [0.15, 0.2) is 71.7 Å². The number of nitrogens with one attached hydrogen (secondary N) is 1. The van der Waals surface area contributed by atoms with Crippen LogP contribution >= 0.6 is 0 Å². The fraction of sp³-hybridized carbons (Fsp3) is 0.389. The fourth-order valence-electron chi connectivity index (χ4n) is 8.34. The minimum atomic E-state index is -0.663. The van der Waals surface area contributed by atoms with Crippen LogP contribution in [0.5, 0.6) is 5.75 Å². The van der Waals surface area contributed by atoms with Gasteiger partial charge in [0.2, 0.25) is 0 Å². The van der Waals surface area contributed by atoms with E-state index in [-0.39, 0.29) is 35.1 Å². The van der Waals surface area contributed by atoms with Gasteiger partial charge in [-0.2, -0.15) is 0 Å². The molecule has 9 nitrogen and oxygen atoms in total. The topological polar surface area (TPSA) is 120 Å². The Hall–Kier alpha value is -4.50. The van der Waals surface area contributed by atoms with Crippen molar-refractivity contribution >= 4 is 22.9 Å². The molecule has 0 saturated heterocycles. The van der Waals surface area contributed by atoms with E-state index in [1.165, 1.54) is 14.2 Å². The molecule has 3 fully saturated rings. The first-order valence-electron chi connectivity index (χ1n) is 15.6. The molecule has 5 atom stereocenters. The molecule has 3 bridgehead atoms. The Balaban J connectivity index is 1.24. The molecule has 2 N–H and O–H groups in total. The van der Waals surface area contributed by atoms with Crippen molar-refractivity contribution in [3.63, 3.8) is 0 Å². The zero-order valence-corrected chi connectivity index (χ0v) is 25.5. The average molecular weight is 608 g/mol. The molecule has 2 aromatic heterocycles. The Bertz CT molecular complexity index is 1850. The number of carbonyl (C=O) groups is 2. The van der Waals surface area contributed by atoms with Crippen molar-refractivity contribution in [3.8, 4) is 11.4 Å². The van der Waals surface area contributed by atoms with E-state index in [0.717, 1.165) is 32.1 Å². The molecule has 9 heteroatoms. The summed E-state index contributed by atoms with van der Waals surface area (Å²) in [5.74, 6) is 0.985. The smallest absolute Gasteiger partial charge is 0.355 e. The van der Waals surface area contributed by atoms with Crippen molar-refractivity contribution in [2.75, 3.05) is 14.2 Å². The summed E-state index contributed by atoms with van der Waals surface area (Å²) in [5.41, 5.74) is 1.52. The highest BCUT2D eigenvalue weighted by molar-refractivity contribution is 5.96. The Kier molecular flexibility index (Phi) is 7.44. The van der Waals surface area contributed by atoms with Crippen molar-refractivity contribution in [3.05, 3.63) is 99.5 Å². The van der Waals surface area contributed by atoms with Gasteiger partial charge in [0.25, 0.3) is 5.91 Å². The number of ether oxygens (including phenoxy) is 2. The molecule has 0 aliphatic heterocycles. The van der Waals surface area contributed by atoms with Gasteiger partial charge in [-0.15, -0.1) is 0 Å². The summed E-state index contributed by atoms with van der Waals surface area (Å²) in [6, 6.07) is 17.9. The van der Waals surface area contributed by atoms with E-state index in [0.29, 0.717) is 57.8 Å². The number of amides is 1. The first-order chi connectivity index (χ1) is 21.8. The third kappa shape index (κ3) is 5.19. The van der Waals surface area contributed by atoms with Crippen LogP contribution in [0.2, 0.25) is 0 Å². The zero-order chi connectivity index (χ0) is 31.3. The van der Waals surface area contributed by atoms with Crippen LogP contribution in [0.3, 0.4) is 0 Å². The van der Waals surface area contributed by atoms with Crippen LogP contribution in [-0.4, -0.2) is 52.4 Å². The predicted octanol–water partition coefficient (Wildman–Crippen LogP) is 4.83. The third-order valence-corrected chi connectivity index (χ3v) is 10.2. The maximum Gasteiger partial charge on any atom is 0.355 e. The number of hydrogen-bond acceptors (Lipinski definition) is 7. The van der Waals surface area contributed by atoms with Gasteiger partial charge in [0, 0.05) is 35.5 Å². The standard InChI is InChI=1S/C36H37N3O6/c1-44-30-18-23(34(41)38-29-12-13-36(43)19-21-15-24(20-36)27(29)16-21)11-10-22(30)17-28-31(35(42)45-2)39(25-7-4-3-5-8-25)33-26(32(28)40)9-6-14-37-33/h3-11,14,18,21,24,27,29,43H,12-13,15-17,19-20H2,1-2H3,(H,38,41)/t21-,24?,27+,29-,36+/m1/s1. The van der Waals surface area contributed by atoms with Crippen molar-refractivity contribution in [2.24, 2.45) is 17.8 Å². The highest BCUT2D eigenvalue weighted by Gasteiger charge is 2.52. The SMILES string of the molecule is COC(=O)c1c(Cc2ccc(C(=O)N[C@@H]3CC[C@@]4(O)CC5C[C@H](C[C@@H]53)C4)cc2OC)c(=O)c2cccnc2n1-c1ccccc1. The van der Waals surface area contributed by atoms with Crippen LogP contribution in [0.4, 0.5) is 0 Å². The Labute approximate surface area is 261 Å². The number of nitrogens with zero attached hydrogens (tertiary/aromatic N) is 2. The van der Waals surface area contributed by atoms with Gasteiger partial charge in [-0.3, -0.25) is 14.2 Å². The van der Waals surface area contributed by atoms with Gasteiger partial charge in [0.05, 0.1) is 25.2 Å². The molecule has 2 aromatic carbocycles. The number of benzene rings is 2. The first-order valence-corrected chi connectivity index (χ1v) is 15.6. The van der Waals surface area contributed by atoms with Gasteiger partial charge in [-0.1, -0.05) is 24.3 Å². The lowest BCUT2D eigenvalue weighted by molar-refractivity contribution is -0.0247. The Morgan fingerprint density at radius 2 is 1.89 bits per heavy atom. The van der Waals surface area contributed by atoms with Crippen LogP contribution in [-0.2, 0) is 11.2 Å². The zero-order valence-electron chi connectivity index (χ0n) is 25.5. The van der Waals surface area contributed by atoms with E-state index in [2.05, 4.69) is 10.3 Å². The molecule has 1 unspecified atom stereocenters. The summed E-state index contributed by atoms with van der Waals surface area (Å²) in [5, 5.41) is 14.8. The second-order valence-electron chi connectivity index (χ2n) is 12.9. The molecule has 3 aliphatic carbocycles. The van der Waals surface area contributed by atoms with Crippen molar-refractivity contribution in [1.82, 2.24) is 14.9 Å². The molecular formula is C36H37N3O6. The summed E-state index contributed by atoms with van der Waals surface area (Å²) in [6.45, 7) is 0. The van der Waals surface area contributed by atoms with Gasteiger partial charge in [0.15, 0.2) is 5.43 Å². The van der Waals surface area contributed by atoms with Crippen LogP contribution in [0.1, 0.15) is 70.5 Å². The molecule has 3 saturated carbocycles. The molecule has 45 heavy (non-hydrogen) atoms. The number of rotatable bonds is 7. The van der Waals surface area contributed by atoms with Gasteiger partial charge >= 0.3 is 5.97 Å². The second-order valence-corrected chi connectivity index (χ2v) is 12.9. The third-order valence-electron chi connectivity index (χ3n) is 10.2. The van der Waals surface area contributed by atoms with Crippen molar-refractivity contribution in [1.29, 1.82) is 0 Å². The molecule has 1 amide bonds. The van der Waals surface area contributed by atoms with E-state index in [4.69, 9.17) is 9.47 Å². The Morgan fingerprint density at radius 3 is 2.67 bits per heavy atom. The molecule has 7 rings (SSSR count). The molecule has 4 aromatic rings. The summed E-state index contributed by atoms with van der Waals surface area (Å²) >= 11 is 0. The lowest BCUT2D eigenvalue weighted by Gasteiger charge is -2.35. The number of hydrogen-bond donors (Lipinski definition) is 2. The molecule has 0 radical (unpaired) electrons.